The third kappa shape index (κ3) is 4.69. The Morgan fingerprint density at radius 2 is 1.90 bits per heavy atom. The molecule has 1 N–H and O–H groups in total. The Labute approximate surface area is 176 Å². The van der Waals surface area contributed by atoms with Gasteiger partial charge in [-0.2, -0.15) is 5.10 Å². The maximum atomic E-state index is 13.2. The average Bonchev–Trinajstić information content (AvgIpc) is 3.07. The average molecular weight is 412 g/mol. The van der Waals surface area contributed by atoms with Crippen LogP contribution in [0.15, 0.2) is 36.5 Å². The van der Waals surface area contributed by atoms with Crippen LogP contribution in [0.3, 0.4) is 0 Å². The molecule has 0 spiro atoms. The number of hydrogen-bond donors (Lipinski definition) is 1. The number of nitrogens with one attached hydrogen (secondary N) is 1. The minimum Gasteiger partial charge on any atom is -0.350 e. The van der Waals surface area contributed by atoms with E-state index in [4.69, 9.17) is 0 Å². The van der Waals surface area contributed by atoms with Gasteiger partial charge in [-0.25, -0.2) is 0 Å². The number of amides is 3. The molecular weight excluding hydrogens is 382 g/mol. The van der Waals surface area contributed by atoms with E-state index in [1.165, 1.54) is 4.90 Å². The molecule has 1 aromatic carbocycles. The Kier molecular flexibility index (Phi) is 6.87. The lowest BCUT2D eigenvalue weighted by Gasteiger charge is -2.38. The van der Waals surface area contributed by atoms with Gasteiger partial charge in [-0.15, -0.1) is 0 Å². The summed E-state index contributed by atoms with van der Waals surface area (Å²) in [6.07, 6.45) is 3.66. The third-order valence-electron chi connectivity index (χ3n) is 5.37. The number of carbonyl (C=O) groups excluding carboxylic acids is 3. The highest BCUT2D eigenvalue weighted by atomic mass is 16.2. The van der Waals surface area contributed by atoms with Crippen LogP contribution in [0.25, 0.3) is 0 Å². The fraction of sp³-hybridized carbons (Fsp3) is 0.455. The fourth-order valence-electron chi connectivity index (χ4n) is 3.71. The number of unbranched alkanes of at least 4 members (excludes halogenated alkanes) is 1. The number of piperazine rings is 1. The van der Waals surface area contributed by atoms with Crippen LogP contribution in [0.4, 0.5) is 0 Å². The van der Waals surface area contributed by atoms with Crippen LogP contribution < -0.4 is 5.32 Å². The lowest BCUT2D eigenvalue weighted by molar-refractivity contribution is -0.159. The van der Waals surface area contributed by atoms with Gasteiger partial charge in [0.2, 0.25) is 5.91 Å². The van der Waals surface area contributed by atoms with Gasteiger partial charge in [0, 0.05) is 45.0 Å². The summed E-state index contributed by atoms with van der Waals surface area (Å²) in [4.78, 5) is 41.7. The van der Waals surface area contributed by atoms with Crippen molar-refractivity contribution in [3.8, 4) is 0 Å². The summed E-state index contributed by atoms with van der Waals surface area (Å²) >= 11 is 0. The normalized spacial score (nSPS) is 15.4. The maximum absolute atomic E-state index is 13.2. The van der Waals surface area contributed by atoms with Gasteiger partial charge in [0.1, 0.15) is 6.04 Å². The Morgan fingerprint density at radius 1 is 1.17 bits per heavy atom. The van der Waals surface area contributed by atoms with Gasteiger partial charge < -0.3 is 15.1 Å². The number of nitrogens with zero attached hydrogens (tertiary/aromatic N) is 4. The molecule has 1 fully saturated rings. The molecule has 0 unspecified atom stereocenters. The molecule has 0 bridgehead atoms. The standard InChI is InChI=1S/C22H29N5O3/c1-4-5-11-26-12-13-27(22(30)21(26)29)19(17-9-7-6-8-10-17)20(28)23-14-18-15-25(3)24-16(18)2/h6-10,15,19H,4-5,11-14H2,1-3H3,(H,23,28)/t19-/m0/s1. The van der Waals surface area contributed by atoms with Crippen molar-refractivity contribution in [2.75, 3.05) is 19.6 Å². The molecule has 3 rings (SSSR count). The molecule has 0 saturated carbocycles. The van der Waals surface area contributed by atoms with Crippen LogP contribution in [-0.2, 0) is 28.0 Å². The van der Waals surface area contributed by atoms with Gasteiger partial charge in [0.15, 0.2) is 0 Å². The highest BCUT2D eigenvalue weighted by Crippen LogP contribution is 2.24. The SMILES string of the molecule is CCCCN1CCN([C@H](C(=O)NCc2cn(C)nc2C)c2ccccc2)C(=O)C1=O. The summed E-state index contributed by atoms with van der Waals surface area (Å²) in [6, 6.07) is 8.26. The van der Waals surface area contributed by atoms with E-state index >= 15 is 0 Å². The van der Waals surface area contributed by atoms with E-state index < -0.39 is 17.9 Å². The predicted octanol–water partition coefficient (Wildman–Crippen LogP) is 1.56. The van der Waals surface area contributed by atoms with E-state index in [-0.39, 0.29) is 5.91 Å². The van der Waals surface area contributed by atoms with Crippen molar-refractivity contribution in [3.05, 3.63) is 53.3 Å². The molecule has 8 nitrogen and oxygen atoms in total. The number of benzene rings is 1. The van der Waals surface area contributed by atoms with Gasteiger partial charge in [-0.05, 0) is 18.9 Å². The fourth-order valence-corrected chi connectivity index (χ4v) is 3.71. The lowest BCUT2D eigenvalue weighted by atomic mass is 10.0. The van der Waals surface area contributed by atoms with E-state index in [0.29, 0.717) is 31.7 Å². The van der Waals surface area contributed by atoms with E-state index in [0.717, 1.165) is 24.1 Å². The number of carbonyl (C=O) groups is 3. The Morgan fingerprint density at radius 3 is 2.53 bits per heavy atom. The summed E-state index contributed by atoms with van der Waals surface area (Å²) in [6.45, 7) is 5.56. The first kappa shape index (κ1) is 21.5. The zero-order chi connectivity index (χ0) is 21.7. The molecule has 1 atom stereocenters. The van der Waals surface area contributed by atoms with Crippen molar-refractivity contribution in [3.63, 3.8) is 0 Å². The lowest BCUT2D eigenvalue weighted by Crippen LogP contribution is -2.57. The molecule has 1 aliphatic heterocycles. The van der Waals surface area contributed by atoms with E-state index in [1.54, 1.807) is 21.7 Å². The molecule has 0 aliphatic carbocycles. The largest absolute Gasteiger partial charge is 0.350 e. The van der Waals surface area contributed by atoms with Crippen molar-refractivity contribution in [2.24, 2.45) is 7.05 Å². The summed E-state index contributed by atoms with van der Waals surface area (Å²) in [5.41, 5.74) is 2.43. The van der Waals surface area contributed by atoms with Crippen molar-refractivity contribution < 1.29 is 14.4 Å². The van der Waals surface area contributed by atoms with Gasteiger partial charge in [-0.1, -0.05) is 43.7 Å². The zero-order valence-corrected chi connectivity index (χ0v) is 17.8. The van der Waals surface area contributed by atoms with Crippen molar-refractivity contribution in [2.45, 2.75) is 39.3 Å². The smallest absolute Gasteiger partial charge is 0.313 e. The summed E-state index contributed by atoms with van der Waals surface area (Å²) in [7, 11) is 1.83. The molecule has 2 heterocycles. The molecule has 30 heavy (non-hydrogen) atoms. The monoisotopic (exact) mass is 411 g/mol. The highest BCUT2D eigenvalue weighted by molar-refractivity contribution is 6.35. The molecule has 1 saturated heterocycles. The second kappa shape index (κ2) is 9.56. The minimum absolute atomic E-state index is 0.306. The van der Waals surface area contributed by atoms with E-state index in [9.17, 15) is 14.4 Å². The molecule has 160 valence electrons. The molecule has 1 aromatic heterocycles. The Bertz CT molecular complexity index is 909. The molecule has 2 aromatic rings. The van der Waals surface area contributed by atoms with Crippen LogP contribution in [0, 0.1) is 6.92 Å². The summed E-state index contributed by atoms with van der Waals surface area (Å²) in [5.74, 6) is -1.47. The van der Waals surface area contributed by atoms with Gasteiger partial charge in [-0.3, -0.25) is 19.1 Å². The summed E-state index contributed by atoms with van der Waals surface area (Å²) in [5, 5.41) is 7.21. The van der Waals surface area contributed by atoms with Crippen LogP contribution in [-0.4, -0.2) is 56.9 Å². The second-order valence-corrected chi connectivity index (χ2v) is 7.59. The van der Waals surface area contributed by atoms with Crippen molar-refractivity contribution in [1.29, 1.82) is 0 Å². The quantitative estimate of drug-likeness (QED) is 0.668. The molecule has 1 aliphatic rings. The molecular formula is C22H29N5O3. The number of aryl methyl sites for hydroxylation is 2. The predicted molar refractivity (Wildman–Crippen MR) is 112 cm³/mol. The van der Waals surface area contributed by atoms with Crippen LogP contribution >= 0.6 is 0 Å². The van der Waals surface area contributed by atoms with Crippen LogP contribution in [0.1, 0.15) is 42.6 Å². The van der Waals surface area contributed by atoms with E-state index in [2.05, 4.69) is 10.4 Å². The van der Waals surface area contributed by atoms with Crippen LogP contribution in [0.2, 0.25) is 0 Å². The van der Waals surface area contributed by atoms with Crippen molar-refractivity contribution >= 4 is 17.7 Å². The first-order valence-corrected chi connectivity index (χ1v) is 10.3. The summed E-state index contributed by atoms with van der Waals surface area (Å²) < 4.78 is 1.70. The topological polar surface area (TPSA) is 87.5 Å². The number of hydrogen-bond acceptors (Lipinski definition) is 4. The first-order valence-electron chi connectivity index (χ1n) is 10.3. The molecule has 3 amide bonds. The maximum Gasteiger partial charge on any atom is 0.313 e. The molecule has 0 radical (unpaired) electrons. The van der Waals surface area contributed by atoms with E-state index in [1.807, 2.05) is 45.3 Å². The van der Waals surface area contributed by atoms with Gasteiger partial charge in [0.05, 0.1) is 5.69 Å². The minimum atomic E-state index is -0.854. The van der Waals surface area contributed by atoms with Gasteiger partial charge in [0.25, 0.3) is 0 Å². The van der Waals surface area contributed by atoms with Gasteiger partial charge >= 0.3 is 11.8 Å². The number of rotatable bonds is 8. The Hall–Kier alpha value is -3.16. The second-order valence-electron chi connectivity index (χ2n) is 7.59. The Balaban J connectivity index is 1.79. The van der Waals surface area contributed by atoms with Crippen molar-refractivity contribution in [1.82, 2.24) is 24.9 Å². The third-order valence-corrected chi connectivity index (χ3v) is 5.37. The zero-order valence-electron chi connectivity index (χ0n) is 17.8. The number of aromatic nitrogens is 2. The highest BCUT2D eigenvalue weighted by Gasteiger charge is 2.39. The molecule has 8 heteroatoms. The van der Waals surface area contributed by atoms with Crippen LogP contribution in [0.5, 0.6) is 0 Å². The first-order chi connectivity index (χ1) is 14.4.